The Balaban J connectivity index is 2.00. The highest BCUT2D eigenvalue weighted by molar-refractivity contribution is 6.30. The second-order valence-corrected chi connectivity index (χ2v) is 10.2. The van der Waals surface area contributed by atoms with Crippen molar-refractivity contribution in [3.63, 3.8) is 0 Å². The predicted octanol–water partition coefficient (Wildman–Crippen LogP) is 5.80. The van der Waals surface area contributed by atoms with Gasteiger partial charge in [-0.3, -0.25) is 0 Å². The average molecular weight is 496 g/mol. The highest BCUT2D eigenvalue weighted by Crippen LogP contribution is 2.28. The number of rotatable bonds is 15. The smallest absolute Gasteiger partial charge is 0.317 e. The zero-order valence-corrected chi connectivity index (χ0v) is 22.4. The topological polar surface area (TPSA) is 62.8 Å². The third-order valence-electron chi connectivity index (χ3n) is 6.67. The molecule has 1 aromatic carbocycles. The van der Waals surface area contributed by atoms with Crippen molar-refractivity contribution in [3.8, 4) is 0 Å². The molecule has 0 bridgehead atoms. The van der Waals surface area contributed by atoms with Gasteiger partial charge in [0.05, 0.1) is 6.10 Å². The molecule has 0 aliphatic heterocycles. The minimum Gasteiger partial charge on any atom is -0.385 e. The van der Waals surface area contributed by atoms with Crippen molar-refractivity contribution >= 4 is 17.6 Å². The van der Waals surface area contributed by atoms with Crippen LogP contribution in [0.3, 0.4) is 0 Å². The van der Waals surface area contributed by atoms with Crippen LogP contribution in [0.5, 0.6) is 0 Å². The largest absolute Gasteiger partial charge is 0.385 e. The van der Waals surface area contributed by atoms with Crippen LogP contribution in [0.2, 0.25) is 5.02 Å². The van der Waals surface area contributed by atoms with Gasteiger partial charge in [0.25, 0.3) is 0 Å². The molecule has 2 N–H and O–H groups in total. The molecule has 0 saturated heterocycles. The van der Waals surface area contributed by atoms with Gasteiger partial charge in [0.1, 0.15) is 0 Å². The number of benzene rings is 1. The molecule has 1 unspecified atom stereocenters. The van der Waals surface area contributed by atoms with Crippen molar-refractivity contribution in [3.05, 3.63) is 34.9 Å². The second-order valence-electron chi connectivity index (χ2n) is 9.78. The number of likely N-dealkylation sites (N-methyl/N-ethyl adjacent to an activating group) is 1. The van der Waals surface area contributed by atoms with Crippen LogP contribution in [-0.4, -0.2) is 63.5 Å². The highest BCUT2D eigenvalue weighted by Gasteiger charge is 2.25. The normalized spacial score (nSPS) is 16.4. The number of nitrogens with zero attached hydrogens (tertiary/aromatic N) is 1. The molecule has 1 aliphatic rings. The van der Waals surface area contributed by atoms with E-state index in [0.717, 1.165) is 24.9 Å². The number of amides is 2. The van der Waals surface area contributed by atoms with E-state index < -0.39 is 0 Å². The molecule has 2 amide bonds. The molecule has 194 valence electrons. The Morgan fingerprint density at radius 1 is 1.21 bits per heavy atom. The maximum atomic E-state index is 13.3. The molecule has 1 fully saturated rings. The first-order chi connectivity index (χ1) is 16.4. The zero-order valence-electron chi connectivity index (χ0n) is 21.7. The zero-order chi connectivity index (χ0) is 24.8. The molecule has 0 radical (unpaired) electrons. The quantitative estimate of drug-likeness (QED) is 0.302. The first kappa shape index (κ1) is 28.9. The molecular formula is C27H46ClN3O3. The number of carbonyl (C=O) groups excluding carboxylic acids is 1. The molecule has 1 aliphatic carbocycles. The Hall–Kier alpha value is -1.34. The maximum absolute atomic E-state index is 13.3. The van der Waals surface area contributed by atoms with Gasteiger partial charge in [0.15, 0.2) is 0 Å². The van der Waals surface area contributed by atoms with Gasteiger partial charge in [0, 0.05) is 50.5 Å². The lowest BCUT2D eigenvalue weighted by atomic mass is 9.85. The number of carbonyl (C=O) groups is 1. The molecule has 0 heterocycles. The van der Waals surface area contributed by atoms with Crippen LogP contribution < -0.4 is 10.6 Å². The molecule has 1 saturated carbocycles. The molecule has 1 aromatic rings. The molecule has 0 spiro atoms. The fourth-order valence-corrected chi connectivity index (χ4v) is 5.05. The fourth-order valence-electron chi connectivity index (χ4n) is 4.85. The monoisotopic (exact) mass is 495 g/mol. The summed E-state index contributed by atoms with van der Waals surface area (Å²) in [6, 6.07) is 8.07. The number of methoxy groups -OCH3 is 1. The first-order valence-corrected chi connectivity index (χ1v) is 13.4. The summed E-state index contributed by atoms with van der Waals surface area (Å²) in [7, 11) is 3.65. The minimum absolute atomic E-state index is 0.00952. The highest BCUT2D eigenvalue weighted by atomic mass is 35.5. The van der Waals surface area contributed by atoms with Crippen molar-refractivity contribution < 1.29 is 14.3 Å². The fraction of sp³-hybridized carbons (Fsp3) is 0.741. The third kappa shape index (κ3) is 10.5. The summed E-state index contributed by atoms with van der Waals surface area (Å²) in [6.07, 6.45) is 9.01. The lowest BCUT2D eigenvalue weighted by molar-refractivity contribution is 0.0278. The number of urea groups is 1. The Bertz CT molecular complexity index is 697. The van der Waals surface area contributed by atoms with E-state index in [9.17, 15) is 4.79 Å². The first-order valence-electron chi connectivity index (χ1n) is 13.0. The summed E-state index contributed by atoms with van der Waals surface area (Å²) >= 11 is 6.25. The van der Waals surface area contributed by atoms with Crippen molar-refractivity contribution in [2.75, 3.05) is 40.5 Å². The Morgan fingerprint density at radius 2 is 1.97 bits per heavy atom. The lowest BCUT2D eigenvalue weighted by Gasteiger charge is -2.32. The van der Waals surface area contributed by atoms with Crippen LogP contribution in [0.4, 0.5) is 4.79 Å². The SMILES string of the molecule is CNCC(CC1CCCCC1)NC(=O)N(CC[C@H](OCCCOC)c1cccc(Cl)c1)C(C)C. The molecule has 0 aromatic heterocycles. The third-order valence-corrected chi connectivity index (χ3v) is 6.90. The minimum atomic E-state index is -0.125. The van der Waals surface area contributed by atoms with E-state index in [0.29, 0.717) is 37.1 Å². The molecule has 2 rings (SSSR count). The summed E-state index contributed by atoms with van der Waals surface area (Å²) in [5, 5.41) is 7.28. The van der Waals surface area contributed by atoms with Gasteiger partial charge in [-0.05, 0) is 63.8 Å². The van der Waals surface area contributed by atoms with Crippen molar-refractivity contribution in [2.24, 2.45) is 5.92 Å². The summed E-state index contributed by atoms with van der Waals surface area (Å²) in [5.74, 6) is 0.715. The van der Waals surface area contributed by atoms with Crippen LogP contribution in [0.25, 0.3) is 0 Å². The van der Waals surface area contributed by atoms with Gasteiger partial charge >= 0.3 is 6.03 Å². The molecule has 2 atom stereocenters. The number of nitrogens with one attached hydrogen (secondary N) is 2. The van der Waals surface area contributed by atoms with Crippen LogP contribution in [0.1, 0.15) is 76.9 Å². The van der Waals surface area contributed by atoms with Gasteiger partial charge in [-0.2, -0.15) is 0 Å². The van der Waals surface area contributed by atoms with Crippen LogP contribution in [0, 0.1) is 5.92 Å². The van der Waals surface area contributed by atoms with E-state index >= 15 is 0 Å². The molecule has 6 nitrogen and oxygen atoms in total. The molecule has 7 heteroatoms. The van der Waals surface area contributed by atoms with Crippen LogP contribution in [-0.2, 0) is 9.47 Å². The van der Waals surface area contributed by atoms with Crippen LogP contribution >= 0.6 is 11.6 Å². The van der Waals surface area contributed by atoms with E-state index in [2.05, 4.69) is 24.5 Å². The Morgan fingerprint density at radius 3 is 2.62 bits per heavy atom. The van der Waals surface area contributed by atoms with Crippen molar-refractivity contribution in [2.45, 2.75) is 83.4 Å². The summed E-state index contributed by atoms with van der Waals surface area (Å²) < 4.78 is 11.4. The van der Waals surface area contributed by atoms with Crippen molar-refractivity contribution in [1.29, 1.82) is 0 Å². The summed E-state index contributed by atoms with van der Waals surface area (Å²) in [5.41, 5.74) is 1.04. The van der Waals surface area contributed by atoms with E-state index in [-0.39, 0.29) is 24.2 Å². The van der Waals surface area contributed by atoms with Gasteiger partial charge in [0.2, 0.25) is 0 Å². The van der Waals surface area contributed by atoms with Gasteiger partial charge in [-0.25, -0.2) is 4.79 Å². The maximum Gasteiger partial charge on any atom is 0.317 e. The Labute approximate surface area is 212 Å². The van der Waals surface area contributed by atoms with E-state index in [1.807, 2.05) is 36.2 Å². The van der Waals surface area contributed by atoms with E-state index in [1.165, 1.54) is 32.1 Å². The van der Waals surface area contributed by atoms with Gasteiger partial charge in [-0.15, -0.1) is 0 Å². The van der Waals surface area contributed by atoms with Gasteiger partial charge in [-0.1, -0.05) is 55.8 Å². The van der Waals surface area contributed by atoms with E-state index in [4.69, 9.17) is 21.1 Å². The predicted molar refractivity (Wildman–Crippen MR) is 141 cm³/mol. The second kappa shape index (κ2) is 16.4. The number of hydrogen-bond acceptors (Lipinski definition) is 4. The summed E-state index contributed by atoms with van der Waals surface area (Å²) in [6.45, 7) is 6.81. The summed E-state index contributed by atoms with van der Waals surface area (Å²) in [4.78, 5) is 15.3. The van der Waals surface area contributed by atoms with E-state index in [1.54, 1.807) is 7.11 Å². The van der Waals surface area contributed by atoms with Crippen molar-refractivity contribution in [1.82, 2.24) is 15.5 Å². The molecular weight excluding hydrogens is 450 g/mol. The van der Waals surface area contributed by atoms with Crippen LogP contribution in [0.15, 0.2) is 24.3 Å². The molecule has 34 heavy (non-hydrogen) atoms. The standard InChI is InChI=1S/C27H46ClN3O3/c1-21(2)31(27(32)30-25(20-29-3)18-22-10-6-5-7-11-22)15-14-26(34-17-9-16-33-4)23-12-8-13-24(28)19-23/h8,12-13,19,21-22,25-26,29H,5-7,9-11,14-18,20H2,1-4H3,(H,30,32)/t25?,26-/m0/s1. The average Bonchev–Trinajstić information content (AvgIpc) is 2.81. The Kier molecular flexibility index (Phi) is 13.9. The lowest BCUT2D eigenvalue weighted by Crippen LogP contribution is -2.51. The van der Waals surface area contributed by atoms with Gasteiger partial charge < -0.3 is 25.0 Å². The number of ether oxygens (including phenoxy) is 2. The number of hydrogen-bond donors (Lipinski definition) is 2. The number of halogens is 1.